The van der Waals surface area contributed by atoms with Crippen molar-refractivity contribution >= 4 is 0 Å². The van der Waals surface area contributed by atoms with Crippen molar-refractivity contribution in [2.75, 3.05) is 6.61 Å². The van der Waals surface area contributed by atoms with Crippen LogP contribution in [0.4, 0.5) is 13.2 Å². The van der Waals surface area contributed by atoms with Gasteiger partial charge in [-0.05, 0) is 41.3 Å². The van der Waals surface area contributed by atoms with E-state index in [0.717, 1.165) is 28.8 Å². The molecule has 1 spiro atoms. The van der Waals surface area contributed by atoms with E-state index in [9.17, 15) is 28.5 Å². The fourth-order valence-electron chi connectivity index (χ4n) is 3.95. The summed E-state index contributed by atoms with van der Waals surface area (Å²) in [5.41, 5.74) is 2.44. The minimum atomic E-state index is -4.37. The maximum atomic E-state index is 12.7. The predicted molar refractivity (Wildman–Crippen MR) is 95.7 cm³/mol. The van der Waals surface area contributed by atoms with E-state index in [4.69, 9.17) is 9.47 Å². The third-order valence-electron chi connectivity index (χ3n) is 5.51. The lowest BCUT2D eigenvalue weighted by atomic mass is 9.88. The predicted octanol–water partition coefficient (Wildman–Crippen LogP) is 2.48. The number of hydrogen-bond acceptors (Lipinski definition) is 5. The second kappa shape index (κ2) is 7.37. The van der Waals surface area contributed by atoms with Crippen molar-refractivity contribution < 1.29 is 38.0 Å². The van der Waals surface area contributed by atoms with Crippen LogP contribution in [0.25, 0.3) is 0 Å². The number of hydrogen-bond donors (Lipinski definition) is 3. The van der Waals surface area contributed by atoms with Crippen LogP contribution in [0.15, 0.2) is 42.5 Å². The topological polar surface area (TPSA) is 79.2 Å². The summed E-state index contributed by atoms with van der Waals surface area (Å²) < 4.78 is 49.9. The van der Waals surface area contributed by atoms with Gasteiger partial charge in [0, 0.05) is 12.0 Å². The summed E-state index contributed by atoms with van der Waals surface area (Å²) >= 11 is 0. The average Bonchev–Trinajstić information content (AvgIpc) is 3.02. The van der Waals surface area contributed by atoms with E-state index < -0.39 is 42.4 Å². The zero-order valence-corrected chi connectivity index (χ0v) is 15.4. The Kier molecular flexibility index (Phi) is 5.16. The molecule has 1 saturated heterocycles. The number of benzene rings is 2. The fraction of sp³-hybridized carbons (Fsp3) is 0.429. The lowest BCUT2D eigenvalue weighted by molar-refractivity contribution is -0.326. The van der Waals surface area contributed by atoms with Crippen LogP contribution in [0.1, 0.15) is 34.2 Å². The Labute approximate surface area is 165 Å². The average molecular weight is 410 g/mol. The third kappa shape index (κ3) is 3.78. The maximum Gasteiger partial charge on any atom is 0.416 e. The molecule has 0 radical (unpaired) electrons. The summed E-state index contributed by atoms with van der Waals surface area (Å²) in [6, 6.07) is 10.6. The maximum absolute atomic E-state index is 12.7. The minimum absolute atomic E-state index is 0.0153. The van der Waals surface area contributed by atoms with Crippen LogP contribution in [0.3, 0.4) is 0 Å². The van der Waals surface area contributed by atoms with Crippen LogP contribution in [-0.2, 0) is 34.5 Å². The molecule has 29 heavy (non-hydrogen) atoms. The molecule has 2 aromatic carbocycles. The number of fused-ring (bicyclic) bond motifs is 2. The van der Waals surface area contributed by atoms with Gasteiger partial charge in [-0.3, -0.25) is 0 Å². The van der Waals surface area contributed by atoms with Gasteiger partial charge >= 0.3 is 6.18 Å². The highest BCUT2D eigenvalue weighted by Crippen LogP contribution is 2.46. The van der Waals surface area contributed by atoms with Crippen molar-refractivity contribution in [3.8, 4) is 0 Å². The highest BCUT2D eigenvalue weighted by atomic mass is 19.4. The Bertz CT molecular complexity index is 883. The summed E-state index contributed by atoms with van der Waals surface area (Å²) in [4.78, 5) is 0. The van der Waals surface area contributed by atoms with E-state index in [1.807, 2.05) is 18.2 Å². The molecule has 2 aliphatic heterocycles. The number of aliphatic hydroxyl groups is 3. The molecule has 0 saturated carbocycles. The second-order valence-electron chi connectivity index (χ2n) is 7.51. The smallest absolute Gasteiger partial charge is 0.394 e. The highest BCUT2D eigenvalue weighted by molar-refractivity contribution is 5.40. The van der Waals surface area contributed by atoms with Crippen molar-refractivity contribution in [1.29, 1.82) is 0 Å². The summed E-state index contributed by atoms with van der Waals surface area (Å²) in [6.07, 6.45) is -7.26. The largest absolute Gasteiger partial charge is 0.416 e. The van der Waals surface area contributed by atoms with Gasteiger partial charge in [0.05, 0.1) is 24.9 Å². The SMILES string of the molecule is OCC1O[C@@]2(C[C@@H](O)[C@@H]1O)OCc1ccc(Cc3ccc(C(F)(F)F)cc3)cc12. The monoisotopic (exact) mass is 410 g/mol. The lowest BCUT2D eigenvalue weighted by Crippen LogP contribution is -2.54. The van der Waals surface area contributed by atoms with Gasteiger partial charge in [-0.25, -0.2) is 0 Å². The standard InChI is InChI=1S/C21H21F3O5/c22-21(23,24)15-5-2-12(3-6-15)7-13-1-4-14-11-28-20(16(14)8-13)9-17(26)19(27)18(10-25)29-20/h1-6,8,17-19,25-27H,7,9-11H2/t17-,18?,19+,20-/m1/s1. The zero-order valence-electron chi connectivity index (χ0n) is 15.4. The zero-order chi connectivity index (χ0) is 20.8. The highest BCUT2D eigenvalue weighted by Gasteiger charge is 2.51. The van der Waals surface area contributed by atoms with E-state index in [0.29, 0.717) is 12.0 Å². The van der Waals surface area contributed by atoms with Gasteiger partial charge in [-0.1, -0.05) is 24.3 Å². The van der Waals surface area contributed by atoms with Crippen molar-refractivity contribution in [1.82, 2.24) is 0 Å². The Hall–Kier alpha value is -1.97. The van der Waals surface area contributed by atoms with Crippen LogP contribution >= 0.6 is 0 Å². The molecule has 0 bridgehead atoms. The summed E-state index contributed by atoms with van der Waals surface area (Å²) in [5.74, 6) is -1.27. The Morgan fingerprint density at radius 1 is 1.03 bits per heavy atom. The molecule has 2 aliphatic rings. The molecule has 4 atom stereocenters. The van der Waals surface area contributed by atoms with Gasteiger partial charge in [0.25, 0.3) is 0 Å². The first-order chi connectivity index (χ1) is 13.7. The van der Waals surface area contributed by atoms with Gasteiger partial charge in [0.2, 0.25) is 0 Å². The molecule has 3 N–H and O–H groups in total. The number of halogens is 3. The molecule has 2 aromatic rings. The van der Waals surface area contributed by atoms with E-state index >= 15 is 0 Å². The number of rotatable bonds is 3. The Balaban J connectivity index is 1.59. The molecule has 0 aromatic heterocycles. The number of aliphatic hydroxyl groups excluding tert-OH is 3. The van der Waals surface area contributed by atoms with Crippen LogP contribution in [0.2, 0.25) is 0 Å². The van der Waals surface area contributed by atoms with Crippen LogP contribution < -0.4 is 0 Å². The van der Waals surface area contributed by atoms with Gasteiger partial charge in [-0.2, -0.15) is 13.2 Å². The second-order valence-corrected chi connectivity index (χ2v) is 7.51. The molecule has 5 nitrogen and oxygen atoms in total. The molecule has 0 amide bonds. The molecular weight excluding hydrogens is 389 g/mol. The van der Waals surface area contributed by atoms with Crippen LogP contribution in [0, 0.1) is 0 Å². The number of alkyl halides is 3. The number of ether oxygens (including phenoxy) is 2. The Morgan fingerprint density at radius 3 is 2.38 bits per heavy atom. The lowest BCUT2D eigenvalue weighted by Gasteiger charge is -2.42. The molecule has 0 aliphatic carbocycles. The minimum Gasteiger partial charge on any atom is -0.394 e. The third-order valence-corrected chi connectivity index (χ3v) is 5.51. The quantitative estimate of drug-likeness (QED) is 0.725. The summed E-state index contributed by atoms with van der Waals surface area (Å²) in [6.45, 7) is -0.208. The van der Waals surface area contributed by atoms with Gasteiger partial charge in [0.1, 0.15) is 12.2 Å². The van der Waals surface area contributed by atoms with Crippen LogP contribution in [0.5, 0.6) is 0 Å². The molecule has 4 rings (SSSR count). The van der Waals surface area contributed by atoms with Crippen molar-refractivity contribution in [2.45, 2.75) is 49.7 Å². The summed E-state index contributed by atoms with van der Waals surface area (Å²) in [7, 11) is 0. The molecule has 8 heteroatoms. The van der Waals surface area contributed by atoms with E-state index in [-0.39, 0.29) is 13.0 Å². The van der Waals surface area contributed by atoms with Gasteiger partial charge in [-0.15, -0.1) is 0 Å². The molecule has 156 valence electrons. The first kappa shape index (κ1) is 20.3. The van der Waals surface area contributed by atoms with Gasteiger partial charge in [0.15, 0.2) is 5.79 Å². The molecule has 1 fully saturated rings. The Morgan fingerprint density at radius 2 is 1.72 bits per heavy atom. The van der Waals surface area contributed by atoms with E-state index in [2.05, 4.69) is 0 Å². The normalized spacial score (nSPS) is 29.2. The van der Waals surface area contributed by atoms with E-state index in [1.54, 1.807) is 0 Å². The van der Waals surface area contributed by atoms with Crippen molar-refractivity contribution in [3.63, 3.8) is 0 Å². The van der Waals surface area contributed by atoms with Gasteiger partial charge < -0.3 is 24.8 Å². The molecule has 2 heterocycles. The van der Waals surface area contributed by atoms with Crippen LogP contribution in [-0.4, -0.2) is 40.2 Å². The van der Waals surface area contributed by atoms with E-state index in [1.165, 1.54) is 12.1 Å². The molecular formula is C21H21F3O5. The van der Waals surface area contributed by atoms with Crippen molar-refractivity contribution in [3.05, 3.63) is 70.3 Å². The first-order valence-electron chi connectivity index (χ1n) is 9.29. The summed E-state index contributed by atoms with van der Waals surface area (Å²) in [5, 5.41) is 29.7. The molecule has 1 unspecified atom stereocenters. The fourth-order valence-corrected chi connectivity index (χ4v) is 3.95. The first-order valence-corrected chi connectivity index (χ1v) is 9.29. The van der Waals surface area contributed by atoms with Crippen molar-refractivity contribution in [2.24, 2.45) is 0 Å².